The van der Waals surface area contributed by atoms with E-state index in [2.05, 4.69) is 10.6 Å². The lowest BCUT2D eigenvalue weighted by Gasteiger charge is -2.32. The summed E-state index contributed by atoms with van der Waals surface area (Å²) in [5, 5.41) is 15.8. The van der Waals surface area contributed by atoms with Crippen molar-refractivity contribution in [3.63, 3.8) is 0 Å². The standard InChI is InChI=1S/C27H33N3O4/c1-2-23(31)26(33)28-21-15-9-14-20-16-17-22(30(20)27(21)34)25(32)29-24(18-10-5-3-6-11-18)19-12-7-4-8-13-19/h3-8,10-13,20-24,31H,2,9,14-17H2,1H3,(H,28,33)(H,29,32)/t20-,21-,22-,23-/m0/s1. The number of benzene rings is 2. The molecule has 3 amide bonds. The number of rotatable bonds is 7. The summed E-state index contributed by atoms with van der Waals surface area (Å²) >= 11 is 0. The summed E-state index contributed by atoms with van der Waals surface area (Å²) in [5.74, 6) is -0.949. The molecule has 0 saturated carbocycles. The predicted molar refractivity (Wildman–Crippen MR) is 129 cm³/mol. The van der Waals surface area contributed by atoms with Gasteiger partial charge in [-0.25, -0.2) is 0 Å². The third-order valence-electron chi connectivity index (χ3n) is 6.95. The highest BCUT2D eigenvalue weighted by molar-refractivity contribution is 5.93. The zero-order valence-electron chi connectivity index (χ0n) is 19.5. The monoisotopic (exact) mass is 463 g/mol. The van der Waals surface area contributed by atoms with Crippen molar-refractivity contribution in [2.75, 3.05) is 0 Å². The Kier molecular flexibility index (Phi) is 7.63. The van der Waals surface area contributed by atoms with E-state index >= 15 is 0 Å². The molecular formula is C27H33N3O4. The SMILES string of the molecule is CC[C@H](O)C(=O)N[C@H]1CCC[C@H]2CC[C@@H](C(=O)NC(c3ccccc3)c3ccccc3)N2C1=O. The normalized spacial score (nSPS) is 23.2. The van der Waals surface area contributed by atoms with Gasteiger partial charge in [-0.15, -0.1) is 0 Å². The summed E-state index contributed by atoms with van der Waals surface area (Å²) < 4.78 is 0. The topological polar surface area (TPSA) is 98.7 Å². The highest BCUT2D eigenvalue weighted by atomic mass is 16.3. The second-order valence-electron chi connectivity index (χ2n) is 9.17. The van der Waals surface area contributed by atoms with Gasteiger partial charge in [-0.3, -0.25) is 14.4 Å². The number of carbonyl (C=O) groups excluding carboxylic acids is 3. The number of hydrogen-bond donors (Lipinski definition) is 3. The van der Waals surface area contributed by atoms with Crippen molar-refractivity contribution in [2.45, 2.75) is 75.7 Å². The van der Waals surface area contributed by atoms with Gasteiger partial charge < -0.3 is 20.6 Å². The van der Waals surface area contributed by atoms with E-state index in [1.165, 1.54) is 0 Å². The van der Waals surface area contributed by atoms with Crippen LogP contribution in [0.25, 0.3) is 0 Å². The van der Waals surface area contributed by atoms with E-state index in [1.807, 2.05) is 60.7 Å². The van der Waals surface area contributed by atoms with Crippen molar-refractivity contribution in [2.24, 2.45) is 0 Å². The molecule has 0 unspecified atom stereocenters. The van der Waals surface area contributed by atoms with Crippen molar-refractivity contribution >= 4 is 17.7 Å². The zero-order chi connectivity index (χ0) is 24.1. The molecule has 0 radical (unpaired) electrons. The van der Waals surface area contributed by atoms with E-state index in [0.717, 1.165) is 30.4 Å². The Labute approximate surface area is 200 Å². The molecule has 7 nitrogen and oxygen atoms in total. The zero-order valence-corrected chi connectivity index (χ0v) is 19.5. The molecule has 0 spiro atoms. The molecule has 2 fully saturated rings. The number of nitrogens with zero attached hydrogens (tertiary/aromatic N) is 1. The summed E-state index contributed by atoms with van der Waals surface area (Å²) in [6.07, 6.45) is 2.61. The van der Waals surface area contributed by atoms with Gasteiger partial charge in [-0.05, 0) is 49.7 Å². The Balaban J connectivity index is 1.54. The quantitative estimate of drug-likeness (QED) is 0.588. The minimum Gasteiger partial charge on any atom is -0.383 e. The van der Waals surface area contributed by atoms with E-state index < -0.39 is 24.1 Å². The average Bonchev–Trinajstić information content (AvgIpc) is 3.24. The van der Waals surface area contributed by atoms with Crippen LogP contribution in [-0.4, -0.2) is 52.0 Å². The van der Waals surface area contributed by atoms with Gasteiger partial charge in [0.2, 0.25) is 17.7 Å². The van der Waals surface area contributed by atoms with Crippen LogP contribution in [0.1, 0.15) is 62.6 Å². The minimum atomic E-state index is -1.14. The Morgan fingerprint density at radius 2 is 1.59 bits per heavy atom. The van der Waals surface area contributed by atoms with Crippen LogP contribution in [0, 0.1) is 0 Å². The van der Waals surface area contributed by atoms with Crippen molar-refractivity contribution in [3.05, 3.63) is 71.8 Å². The molecular weight excluding hydrogens is 430 g/mol. The van der Waals surface area contributed by atoms with E-state index in [9.17, 15) is 19.5 Å². The molecule has 0 aliphatic carbocycles. The van der Waals surface area contributed by atoms with Crippen LogP contribution in [0.5, 0.6) is 0 Å². The molecule has 34 heavy (non-hydrogen) atoms. The lowest BCUT2D eigenvalue weighted by atomic mass is 9.98. The first-order chi connectivity index (χ1) is 16.5. The van der Waals surface area contributed by atoms with Crippen molar-refractivity contribution in [1.82, 2.24) is 15.5 Å². The van der Waals surface area contributed by atoms with Crippen LogP contribution in [0.4, 0.5) is 0 Å². The Bertz CT molecular complexity index is 958. The van der Waals surface area contributed by atoms with Gasteiger partial charge in [-0.2, -0.15) is 0 Å². The predicted octanol–water partition coefficient (Wildman–Crippen LogP) is 2.69. The Morgan fingerprint density at radius 1 is 0.971 bits per heavy atom. The van der Waals surface area contributed by atoms with Crippen molar-refractivity contribution in [3.8, 4) is 0 Å². The molecule has 3 N–H and O–H groups in total. The highest BCUT2D eigenvalue weighted by Gasteiger charge is 2.45. The van der Waals surface area contributed by atoms with Crippen LogP contribution < -0.4 is 10.6 Å². The number of amides is 3. The number of carbonyl (C=O) groups is 3. The van der Waals surface area contributed by atoms with Gasteiger partial charge >= 0.3 is 0 Å². The largest absolute Gasteiger partial charge is 0.383 e. The summed E-state index contributed by atoms with van der Waals surface area (Å²) in [5.41, 5.74) is 1.94. The summed E-state index contributed by atoms with van der Waals surface area (Å²) in [7, 11) is 0. The fourth-order valence-corrected chi connectivity index (χ4v) is 5.09. The number of fused-ring (bicyclic) bond motifs is 1. The fourth-order valence-electron chi connectivity index (χ4n) is 5.09. The second kappa shape index (κ2) is 10.8. The lowest BCUT2D eigenvalue weighted by Crippen LogP contribution is -2.55. The molecule has 7 heteroatoms. The van der Waals surface area contributed by atoms with Crippen LogP contribution >= 0.6 is 0 Å². The number of aliphatic hydroxyl groups excluding tert-OH is 1. The molecule has 4 atom stereocenters. The molecule has 4 rings (SSSR count). The van der Waals surface area contributed by atoms with Crippen molar-refractivity contribution < 1.29 is 19.5 Å². The number of aliphatic hydroxyl groups is 1. The second-order valence-corrected chi connectivity index (χ2v) is 9.17. The molecule has 2 heterocycles. The molecule has 2 saturated heterocycles. The van der Waals surface area contributed by atoms with Gasteiger partial charge in [0, 0.05) is 6.04 Å². The third-order valence-corrected chi connectivity index (χ3v) is 6.95. The molecule has 180 valence electrons. The maximum atomic E-state index is 13.6. The van der Waals surface area contributed by atoms with Crippen LogP contribution in [-0.2, 0) is 14.4 Å². The Morgan fingerprint density at radius 3 is 2.18 bits per heavy atom. The summed E-state index contributed by atoms with van der Waals surface area (Å²) in [4.78, 5) is 41.0. The van der Waals surface area contributed by atoms with Gasteiger partial charge in [0.05, 0.1) is 6.04 Å². The molecule has 2 aliphatic rings. The summed E-state index contributed by atoms with van der Waals surface area (Å²) in [6.45, 7) is 1.71. The van der Waals surface area contributed by atoms with E-state index in [0.29, 0.717) is 12.8 Å². The maximum Gasteiger partial charge on any atom is 0.249 e. The molecule has 0 aromatic heterocycles. The maximum absolute atomic E-state index is 13.6. The molecule has 2 aliphatic heterocycles. The van der Waals surface area contributed by atoms with E-state index in [-0.39, 0.29) is 30.3 Å². The third kappa shape index (κ3) is 5.14. The highest BCUT2D eigenvalue weighted by Crippen LogP contribution is 2.33. The molecule has 2 aromatic rings. The van der Waals surface area contributed by atoms with Crippen LogP contribution in [0.2, 0.25) is 0 Å². The number of nitrogens with one attached hydrogen (secondary N) is 2. The Hall–Kier alpha value is -3.19. The minimum absolute atomic E-state index is 0.00634. The fraction of sp³-hybridized carbons (Fsp3) is 0.444. The van der Waals surface area contributed by atoms with E-state index in [1.54, 1.807) is 11.8 Å². The molecule has 2 aromatic carbocycles. The van der Waals surface area contributed by atoms with Gasteiger partial charge in [0.1, 0.15) is 18.2 Å². The smallest absolute Gasteiger partial charge is 0.249 e. The van der Waals surface area contributed by atoms with Gasteiger partial charge in [0.25, 0.3) is 0 Å². The van der Waals surface area contributed by atoms with Gasteiger partial charge in [-0.1, -0.05) is 67.6 Å². The lowest BCUT2D eigenvalue weighted by molar-refractivity contribution is -0.143. The summed E-state index contributed by atoms with van der Waals surface area (Å²) in [6, 6.07) is 18.0. The first-order valence-electron chi connectivity index (χ1n) is 12.2. The van der Waals surface area contributed by atoms with Crippen LogP contribution in [0.15, 0.2) is 60.7 Å². The van der Waals surface area contributed by atoms with Crippen LogP contribution in [0.3, 0.4) is 0 Å². The average molecular weight is 464 g/mol. The molecule has 0 bridgehead atoms. The van der Waals surface area contributed by atoms with Crippen molar-refractivity contribution in [1.29, 1.82) is 0 Å². The number of hydrogen-bond acceptors (Lipinski definition) is 4. The first-order valence-corrected chi connectivity index (χ1v) is 12.2. The first kappa shape index (κ1) is 24.0. The van der Waals surface area contributed by atoms with E-state index in [4.69, 9.17) is 0 Å². The van der Waals surface area contributed by atoms with Gasteiger partial charge in [0.15, 0.2) is 0 Å².